The van der Waals surface area contributed by atoms with E-state index in [0.29, 0.717) is 16.5 Å². The van der Waals surface area contributed by atoms with Gasteiger partial charge in [0.05, 0.1) is 16.6 Å². The van der Waals surface area contributed by atoms with Gasteiger partial charge in [0.1, 0.15) is 11.6 Å². The number of aromatic nitrogens is 3. The number of hydrogen-bond acceptors (Lipinski definition) is 3. The van der Waals surface area contributed by atoms with Gasteiger partial charge in [-0.3, -0.25) is 4.57 Å². The van der Waals surface area contributed by atoms with Crippen molar-refractivity contribution in [3.63, 3.8) is 0 Å². The lowest BCUT2D eigenvalue weighted by Crippen LogP contribution is -2.05. The number of alkyl halides is 3. The average Bonchev–Trinajstić information content (AvgIpc) is 3.37. The van der Waals surface area contributed by atoms with Crippen LogP contribution in [0.15, 0.2) is 128 Å². The summed E-state index contributed by atoms with van der Waals surface area (Å²) in [6, 6.07) is 35.2. The number of benzene rings is 5. The molecule has 0 unspecified atom stereocenters. The maximum absolute atomic E-state index is 14.2. The van der Waals surface area contributed by atoms with Gasteiger partial charge < -0.3 is 4.74 Å². The van der Waals surface area contributed by atoms with E-state index in [2.05, 4.69) is 27.8 Å². The molecule has 218 valence electrons. The standard InChI is InChI=1S/C38H24F3N3O/c1-23-10-13-34-33(16-23)32-12-11-26(19-35(32)44(34)36-20-25-7-2-3-8-27(25)22-43-36)28-17-29(38(39,40)41)21-30(18-28)45-37-31-9-5-4-6-24(31)14-15-42-37/h2-22H,1H3. The number of ether oxygens (including phenoxy) is 1. The highest BCUT2D eigenvalue weighted by molar-refractivity contribution is 6.10. The molecule has 4 nitrogen and oxygen atoms in total. The fraction of sp³-hybridized carbons (Fsp3) is 0.0526. The van der Waals surface area contributed by atoms with Crippen LogP contribution in [0.2, 0.25) is 0 Å². The van der Waals surface area contributed by atoms with Crippen LogP contribution in [0.5, 0.6) is 11.6 Å². The molecule has 0 N–H and O–H groups in total. The Morgan fingerprint density at radius 1 is 0.622 bits per heavy atom. The van der Waals surface area contributed by atoms with Crippen LogP contribution in [-0.2, 0) is 6.18 Å². The van der Waals surface area contributed by atoms with E-state index in [1.165, 1.54) is 0 Å². The molecule has 0 aliphatic heterocycles. The highest BCUT2D eigenvalue weighted by atomic mass is 19.4. The van der Waals surface area contributed by atoms with Gasteiger partial charge in [0.25, 0.3) is 0 Å². The van der Waals surface area contributed by atoms with Crippen molar-refractivity contribution >= 4 is 43.4 Å². The maximum Gasteiger partial charge on any atom is 0.416 e. The summed E-state index contributed by atoms with van der Waals surface area (Å²) in [7, 11) is 0. The van der Waals surface area contributed by atoms with Crippen molar-refractivity contribution in [2.45, 2.75) is 13.1 Å². The second-order valence-corrected chi connectivity index (χ2v) is 11.2. The van der Waals surface area contributed by atoms with Crippen molar-refractivity contribution in [1.29, 1.82) is 0 Å². The number of fused-ring (bicyclic) bond motifs is 5. The molecule has 8 rings (SSSR count). The molecule has 0 saturated carbocycles. The quantitative estimate of drug-likeness (QED) is 0.203. The lowest BCUT2D eigenvalue weighted by molar-refractivity contribution is -0.137. The topological polar surface area (TPSA) is 39.9 Å². The van der Waals surface area contributed by atoms with Gasteiger partial charge in [-0.2, -0.15) is 13.2 Å². The molecule has 45 heavy (non-hydrogen) atoms. The van der Waals surface area contributed by atoms with Crippen LogP contribution in [-0.4, -0.2) is 14.5 Å². The minimum Gasteiger partial charge on any atom is -0.438 e. The Bertz CT molecular complexity index is 2420. The van der Waals surface area contributed by atoms with Crippen molar-refractivity contribution in [2.24, 2.45) is 0 Å². The molecule has 8 aromatic rings. The van der Waals surface area contributed by atoms with Gasteiger partial charge in [0.2, 0.25) is 5.88 Å². The van der Waals surface area contributed by atoms with E-state index in [1.54, 1.807) is 12.3 Å². The van der Waals surface area contributed by atoms with E-state index in [9.17, 15) is 13.2 Å². The molecule has 0 saturated heterocycles. The zero-order chi connectivity index (χ0) is 30.7. The van der Waals surface area contributed by atoms with Gasteiger partial charge in [0.15, 0.2) is 0 Å². The van der Waals surface area contributed by atoms with E-state index < -0.39 is 11.7 Å². The van der Waals surface area contributed by atoms with E-state index in [1.807, 2.05) is 92.0 Å². The van der Waals surface area contributed by atoms with Crippen molar-refractivity contribution in [3.8, 4) is 28.6 Å². The van der Waals surface area contributed by atoms with Crippen LogP contribution in [0.4, 0.5) is 13.2 Å². The lowest BCUT2D eigenvalue weighted by atomic mass is 10.0. The zero-order valence-corrected chi connectivity index (χ0v) is 24.0. The van der Waals surface area contributed by atoms with Crippen molar-refractivity contribution in [1.82, 2.24) is 14.5 Å². The molecule has 0 amide bonds. The number of nitrogens with zero attached hydrogens (tertiary/aromatic N) is 3. The molecular weight excluding hydrogens is 571 g/mol. The van der Waals surface area contributed by atoms with Crippen LogP contribution in [0.1, 0.15) is 11.1 Å². The molecule has 0 aliphatic rings. The summed E-state index contributed by atoms with van der Waals surface area (Å²) in [4.78, 5) is 9.12. The lowest BCUT2D eigenvalue weighted by Gasteiger charge is -2.14. The molecule has 0 atom stereocenters. The molecule has 0 bridgehead atoms. The first-order chi connectivity index (χ1) is 21.8. The van der Waals surface area contributed by atoms with Gasteiger partial charge in [-0.25, -0.2) is 9.97 Å². The summed E-state index contributed by atoms with van der Waals surface area (Å²) in [5, 5.41) is 5.68. The summed E-state index contributed by atoms with van der Waals surface area (Å²) < 4.78 is 50.8. The first-order valence-electron chi connectivity index (χ1n) is 14.5. The highest BCUT2D eigenvalue weighted by Crippen LogP contribution is 2.40. The van der Waals surface area contributed by atoms with Crippen molar-refractivity contribution in [2.75, 3.05) is 0 Å². The van der Waals surface area contributed by atoms with Gasteiger partial charge in [-0.15, -0.1) is 0 Å². The van der Waals surface area contributed by atoms with Crippen LogP contribution in [0, 0.1) is 6.92 Å². The molecule has 3 aromatic heterocycles. The number of hydrogen-bond donors (Lipinski definition) is 0. The molecule has 3 heterocycles. The highest BCUT2D eigenvalue weighted by Gasteiger charge is 2.32. The number of rotatable bonds is 4. The minimum absolute atomic E-state index is 0.0520. The Morgan fingerprint density at radius 3 is 2.27 bits per heavy atom. The van der Waals surface area contributed by atoms with Gasteiger partial charge in [0, 0.05) is 33.9 Å². The smallest absolute Gasteiger partial charge is 0.416 e. The Kier molecular flexibility index (Phi) is 6.10. The number of pyridine rings is 2. The summed E-state index contributed by atoms with van der Waals surface area (Å²) in [5.41, 5.74) is 3.10. The first kappa shape index (κ1) is 26.9. The predicted octanol–water partition coefficient (Wildman–Crippen LogP) is 10.7. The minimum atomic E-state index is -4.58. The molecule has 0 radical (unpaired) electrons. The Balaban J connectivity index is 1.33. The fourth-order valence-corrected chi connectivity index (χ4v) is 6.03. The summed E-state index contributed by atoms with van der Waals surface area (Å²) in [6.07, 6.45) is -1.15. The van der Waals surface area contributed by atoms with E-state index in [0.717, 1.165) is 61.5 Å². The SMILES string of the molecule is Cc1ccc2c(c1)c1ccc(-c3cc(Oc4nccc5ccccc45)cc(C(F)(F)F)c3)cc1n2-c1cc2ccccc2cn1. The Morgan fingerprint density at radius 2 is 1.42 bits per heavy atom. The number of halogens is 3. The Labute approximate surface area is 256 Å². The third kappa shape index (κ3) is 4.73. The Hall–Kier alpha value is -5.69. The molecule has 0 fully saturated rings. The molecule has 7 heteroatoms. The molecule has 0 spiro atoms. The summed E-state index contributed by atoms with van der Waals surface area (Å²) in [5.74, 6) is 1.02. The second-order valence-electron chi connectivity index (χ2n) is 11.2. The van der Waals surface area contributed by atoms with Crippen LogP contribution < -0.4 is 4.74 Å². The third-order valence-corrected chi connectivity index (χ3v) is 8.19. The van der Waals surface area contributed by atoms with Crippen molar-refractivity contribution in [3.05, 3.63) is 139 Å². The second kappa shape index (κ2) is 10.2. The zero-order valence-electron chi connectivity index (χ0n) is 24.0. The largest absolute Gasteiger partial charge is 0.438 e. The summed E-state index contributed by atoms with van der Waals surface area (Å²) in [6.45, 7) is 2.04. The molecule has 5 aromatic carbocycles. The van der Waals surface area contributed by atoms with E-state index >= 15 is 0 Å². The van der Waals surface area contributed by atoms with Gasteiger partial charge >= 0.3 is 6.18 Å². The van der Waals surface area contributed by atoms with Crippen LogP contribution >= 0.6 is 0 Å². The van der Waals surface area contributed by atoms with E-state index in [-0.39, 0.29) is 11.6 Å². The molecule has 0 aliphatic carbocycles. The average molecular weight is 596 g/mol. The van der Waals surface area contributed by atoms with Crippen LogP contribution in [0.3, 0.4) is 0 Å². The molecular formula is C38H24F3N3O. The van der Waals surface area contributed by atoms with Crippen molar-refractivity contribution < 1.29 is 17.9 Å². The van der Waals surface area contributed by atoms with Crippen LogP contribution in [0.25, 0.3) is 60.3 Å². The normalized spacial score (nSPS) is 12.0. The van der Waals surface area contributed by atoms with Gasteiger partial charge in [-0.1, -0.05) is 66.2 Å². The fourth-order valence-electron chi connectivity index (χ4n) is 6.03. The monoisotopic (exact) mass is 595 g/mol. The van der Waals surface area contributed by atoms with E-state index in [4.69, 9.17) is 9.72 Å². The third-order valence-electron chi connectivity index (χ3n) is 8.19. The predicted molar refractivity (Wildman–Crippen MR) is 173 cm³/mol. The number of aryl methyl sites for hydroxylation is 1. The first-order valence-corrected chi connectivity index (χ1v) is 14.5. The van der Waals surface area contributed by atoms with Gasteiger partial charge in [-0.05, 0) is 83.4 Å². The summed E-state index contributed by atoms with van der Waals surface area (Å²) >= 11 is 0. The maximum atomic E-state index is 14.2.